The van der Waals surface area contributed by atoms with Crippen molar-refractivity contribution in [3.63, 3.8) is 0 Å². The van der Waals surface area contributed by atoms with Crippen LogP contribution in [-0.2, 0) is 42.8 Å². The predicted molar refractivity (Wildman–Crippen MR) is 206 cm³/mol. The van der Waals surface area contributed by atoms with Crippen LogP contribution in [0.2, 0.25) is 0 Å². The summed E-state index contributed by atoms with van der Waals surface area (Å²) in [6.45, 7) is 23.4. The van der Waals surface area contributed by atoms with Crippen LogP contribution in [0, 0.1) is 17.8 Å². The summed E-state index contributed by atoms with van der Waals surface area (Å²) in [7, 11) is 4.50. The molecule has 0 bridgehead atoms. The van der Waals surface area contributed by atoms with Gasteiger partial charge in [0.15, 0.2) is 6.29 Å². The van der Waals surface area contributed by atoms with E-state index in [1.807, 2.05) is 75.4 Å². The average Bonchev–Trinajstić information content (AvgIpc) is 3.13. The average molecular weight is 761 g/mol. The van der Waals surface area contributed by atoms with Crippen LogP contribution in [0.3, 0.4) is 0 Å². The summed E-state index contributed by atoms with van der Waals surface area (Å²) < 4.78 is 35.0. The number of esters is 2. The number of cyclic esters (lactones) is 1. The first-order valence-electron chi connectivity index (χ1n) is 19.6. The number of methoxy groups -OCH3 is 1. The van der Waals surface area contributed by atoms with Crippen molar-refractivity contribution in [3.8, 4) is 0 Å². The van der Waals surface area contributed by atoms with E-state index >= 15 is 0 Å². The Hall–Kier alpha value is -2.13. The first kappa shape index (κ1) is 50.9. The third-order valence-electron chi connectivity index (χ3n) is 10.3. The molecule has 13 heteroatoms. The van der Waals surface area contributed by atoms with Gasteiger partial charge in [0.1, 0.15) is 12.2 Å². The minimum Gasteiger partial charge on any atom is -0.460 e. The van der Waals surface area contributed by atoms with Crippen molar-refractivity contribution in [1.82, 2.24) is 10.6 Å². The summed E-state index contributed by atoms with van der Waals surface area (Å²) >= 11 is 0. The topological polar surface area (TPSA) is 171 Å². The second-order valence-electron chi connectivity index (χ2n) is 14.6. The van der Waals surface area contributed by atoms with E-state index in [2.05, 4.69) is 17.6 Å². The van der Waals surface area contributed by atoms with Gasteiger partial charge in [-0.25, -0.2) is 0 Å². The minimum atomic E-state index is -1.06. The number of aliphatic hydroxyl groups excluding tert-OH is 2. The standard InChI is InChI=1S/C28H50N2O7.C9H16O3.C2H6.CH4O/c1-10-22-16(2)13-17(3)30-23(31)11-12-28(7,34-9)26(19(5)25(32)20(6)27(33)36-22)37-24-15-21(29-8)14-18(4)35-24;1-6-4-5-11-7(2)9(6)12-8(3)10;2*1-2/h13,17-22,24-26,29,32H,10-12,14-15H2,1-9H3,(H,30,31);6-7,9H,4-5H2,1-3H3;1-2H3;2H,1H3/b16-13+;;;/t17?,18?,19-,20?,21?,22+,24?,25-,26+,28+;6?,7?,9-;;/m01../s1. The fraction of sp³-hybridized carbons (Fsp3) is 0.875. The predicted octanol–water partition coefficient (Wildman–Crippen LogP) is 5.09. The van der Waals surface area contributed by atoms with Crippen LogP contribution in [0.5, 0.6) is 0 Å². The van der Waals surface area contributed by atoms with Crippen LogP contribution in [0.25, 0.3) is 0 Å². The highest BCUT2D eigenvalue weighted by Crippen LogP contribution is 2.36. The molecule has 3 aliphatic heterocycles. The largest absolute Gasteiger partial charge is 0.460 e. The molecular weight excluding hydrogens is 684 g/mol. The zero-order valence-electron chi connectivity index (χ0n) is 35.5. The fourth-order valence-electron chi connectivity index (χ4n) is 7.09. The SMILES string of the molecule is CC.CC(=O)O[C@@H]1C(C)CCOC1C.CC[C@H]1OC(=O)C(C)[C@@H](O)[C@H](C)[C@@H](OC2CC(NC)CC(C)O2)[C@](C)(OC)CCC(=O)NC(C)/C=C/1C.CO. The molecule has 7 unspecified atom stereocenters. The molecule has 13 atom stereocenters. The van der Waals surface area contributed by atoms with Crippen LogP contribution in [-0.4, -0.2) is 117 Å². The molecular formula is C40H76N2O11. The van der Waals surface area contributed by atoms with Gasteiger partial charge in [-0.05, 0) is 85.8 Å². The second-order valence-corrected chi connectivity index (χ2v) is 14.6. The summed E-state index contributed by atoms with van der Waals surface area (Å²) in [4.78, 5) is 36.7. The number of nitrogens with one attached hydrogen (secondary N) is 2. The Balaban J connectivity index is 0.00000141. The van der Waals surface area contributed by atoms with Gasteiger partial charge in [0, 0.05) is 58.6 Å². The third-order valence-corrected chi connectivity index (χ3v) is 10.3. The molecule has 4 N–H and O–H groups in total. The fourth-order valence-corrected chi connectivity index (χ4v) is 7.09. The molecule has 0 aromatic rings. The Labute approximate surface area is 320 Å². The van der Waals surface area contributed by atoms with Gasteiger partial charge in [0.2, 0.25) is 5.91 Å². The van der Waals surface area contributed by atoms with E-state index in [1.165, 1.54) is 6.92 Å². The van der Waals surface area contributed by atoms with Crippen molar-refractivity contribution in [2.45, 2.75) is 182 Å². The lowest BCUT2D eigenvalue weighted by Crippen LogP contribution is -2.55. The van der Waals surface area contributed by atoms with E-state index in [-0.39, 0.29) is 48.7 Å². The summed E-state index contributed by atoms with van der Waals surface area (Å²) in [6.07, 6.45) is 2.85. The van der Waals surface area contributed by atoms with Crippen molar-refractivity contribution >= 4 is 17.8 Å². The monoisotopic (exact) mass is 761 g/mol. The molecule has 13 nitrogen and oxygen atoms in total. The maximum atomic E-state index is 13.1. The molecule has 53 heavy (non-hydrogen) atoms. The number of aliphatic hydroxyl groups is 2. The van der Waals surface area contributed by atoms with Gasteiger partial charge < -0.3 is 49.3 Å². The summed E-state index contributed by atoms with van der Waals surface area (Å²) in [5.41, 5.74) is -0.0688. The highest BCUT2D eigenvalue weighted by molar-refractivity contribution is 5.76. The molecule has 2 fully saturated rings. The number of rotatable bonds is 6. The molecule has 0 aromatic heterocycles. The zero-order valence-corrected chi connectivity index (χ0v) is 35.5. The minimum absolute atomic E-state index is 0.00428. The maximum absolute atomic E-state index is 13.1. The molecule has 312 valence electrons. The smallest absolute Gasteiger partial charge is 0.311 e. The van der Waals surface area contributed by atoms with Gasteiger partial charge in [-0.3, -0.25) is 14.4 Å². The summed E-state index contributed by atoms with van der Waals surface area (Å²) in [6, 6.07) is -0.00306. The molecule has 2 saturated heterocycles. The summed E-state index contributed by atoms with van der Waals surface area (Å²) in [5.74, 6) is -1.70. The molecule has 3 aliphatic rings. The van der Waals surface area contributed by atoms with Crippen molar-refractivity contribution < 1.29 is 53.0 Å². The van der Waals surface area contributed by atoms with Crippen molar-refractivity contribution in [2.75, 3.05) is 27.9 Å². The number of carbonyl (C=O) groups excluding carboxylic acids is 3. The van der Waals surface area contributed by atoms with Crippen molar-refractivity contribution in [3.05, 3.63) is 11.6 Å². The van der Waals surface area contributed by atoms with E-state index in [4.69, 9.17) is 33.5 Å². The lowest BCUT2D eigenvalue weighted by molar-refractivity contribution is -0.266. The Morgan fingerprint density at radius 3 is 2.25 bits per heavy atom. The third kappa shape index (κ3) is 16.6. The number of carbonyl (C=O) groups is 3. The lowest BCUT2D eigenvalue weighted by atomic mass is 9.79. The summed E-state index contributed by atoms with van der Waals surface area (Å²) in [5, 5.41) is 24.7. The van der Waals surface area contributed by atoms with Crippen LogP contribution < -0.4 is 10.6 Å². The Morgan fingerprint density at radius 2 is 1.72 bits per heavy atom. The van der Waals surface area contributed by atoms with Gasteiger partial charge in [-0.15, -0.1) is 0 Å². The van der Waals surface area contributed by atoms with Gasteiger partial charge in [-0.1, -0.05) is 40.7 Å². The van der Waals surface area contributed by atoms with Gasteiger partial charge >= 0.3 is 11.9 Å². The van der Waals surface area contributed by atoms with Gasteiger partial charge in [0.25, 0.3) is 0 Å². The van der Waals surface area contributed by atoms with Crippen LogP contribution in [0.1, 0.15) is 122 Å². The molecule has 0 aliphatic carbocycles. The van der Waals surface area contributed by atoms with Gasteiger partial charge in [-0.2, -0.15) is 0 Å². The highest BCUT2D eigenvalue weighted by Gasteiger charge is 2.46. The normalized spacial score (nSPS) is 38.1. The van der Waals surface area contributed by atoms with E-state index in [0.29, 0.717) is 25.2 Å². The van der Waals surface area contributed by atoms with E-state index in [1.54, 1.807) is 14.0 Å². The van der Waals surface area contributed by atoms with Gasteiger partial charge in [0.05, 0.1) is 35.9 Å². The first-order valence-corrected chi connectivity index (χ1v) is 19.6. The lowest BCUT2D eigenvalue weighted by Gasteiger charge is -2.45. The first-order chi connectivity index (χ1) is 25.0. The molecule has 1 amide bonds. The van der Waals surface area contributed by atoms with Crippen LogP contribution in [0.4, 0.5) is 0 Å². The molecule has 0 radical (unpaired) electrons. The van der Waals surface area contributed by atoms with E-state index in [9.17, 15) is 19.5 Å². The van der Waals surface area contributed by atoms with E-state index < -0.39 is 48.0 Å². The Kier molecular flexibility index (Phi) is 24.8. The molecule has 3 rings (SSSR count). The quantitative estimate of drug-likeness (QED) is 0.209. The number of hydrogen-bond donors (Lipinski definition) is 4. The van der Waals surface area contributed by atoms with E-state index in [0.717, 1.165) is 32.1 Å². The maximum Gasteiger partial charge on any atom is 0.311 e. The number of amides is 1. The molecule has 3 heterocycles. The van der Waals surface area contributed by atoms with Crippen LogP contribution in [0.15, 0.2) is 11.6 Å². The molecule has 0 aromatic carbocycles. The number of ether oxygens (including phenoxy) is 6. The van der Waals surface area contributed by atoms with Crippen molar-refractivity contribution in [1.29, 1.82) is 0 Å². The van der Waals surface area contributed by atoms with Crippen LogP contribution >= 0.6 is 0 Å². The molecule has 0 saturated carbocycles. The second kappa shape index (κ2) is 25.9. The Bertz CT molecular complexity index is 1080. The number of hydrogen-bond acceptors (Lipinski definition) is 12. The Morgan fingerprint density at radius 1 is 1.09 bits per heavy atom. The molecule has 0 spiro atoms. The van der Waals surface area contributed by atoms with Crippen molar-refractivity contribution in [2.24, 2.45) is 17.8 Å². The highest BCUT2D eigenvalue weighted by atomic mass is 16.7. The zero-order chi connectivity index (χ0) is 41.1.